The van der Waals surface area contributed by atoms with Crippen molar-refractivity contribution in [3.05, 3.63) is 24.3 Å². The third-order valence-electron chi connectivity index (χ3n) is 6.16. The highest BCUT2D eigenvalue weighted by Gasteiger charge is 2.53. The van der Waals surface area contributed by atoms with Crippen LogP contribution in [-0.2, 0) is 9.59 Å². The van der Waals surface area contributed by atoms with Crippen molar-refractivity contribution in [3.8, 4) is 5.75 Å². The molecule has 0 aromatic heterocycles. The molecule has 1 aliphatic carbocycles. The number of hydrogen-bond donors (Lipinski definition) is 2. The molecule has 1 saturated heterocycles. The van der Waals surface area contributed by atoms with E-state index >= 15 is 0 Å². The third kappa shape index (κ3) is 5.34. The van der Waals surface area contributed by atoms with Gasteiger partial charge in [0.1, 0.15) is 17.8 Å². The van der Waals surface area contributed by atoms with Gasteiger partial charge in [-0.15, -0.1) is 0 Å². The summed E-state index contributed by atoms with van der Waals surface area (Å²) in [5.41, 5.74) is -0.865. The van der Waals surface area contributed by atoms with Gasteiger partial charge in [0.2, 0.25) is 5.91 Å². The summed E-state index contributed by atoms with van der Waals surface area (Å²) in [6.45, 7) is 4.40. The highest BCUT2D eigenvalue weighted by atomic mass is 19.4. The summed E-state index contributed by atoms with van der Waals surface area (Å²) in [6, 6.07) is 5.02. The van der Waals surface area contributed by atoms with E-state index in [0.717, 1.165) is 17.7 Å². The zero-order chi connectivity index (χ0) is 23.7. The van der Waals surface area contributed by atoms with Crippen LogP contribution in [0, 0.1) is 11.3 Å². The first-order valence-corrected chi connectivity index (χ1v) is 10.5. The van der Waals surface area contributed by atoms with E-state index < -0.39 is 42.7 Å². The maximum Gasteiger partial charge on any atom is 0.422 e. The molecule has 1 aromatic carbocycles. The number of nitrogens with one attached hydrogen (secondary N) is 2. The van der Waals surface area contributed by atoms with Crippen LogP contribution in [0.5, 0.6) is 5.75 Å². The second-order valence-corrected chi connectivity index (χ2v) is 9.49. The molecule has 2 fully saturated rings. The predicted octanol–water partition coefficient (Wildman–Crippen LogP) is 4.09. The SMILES string of the molecule is CC(C)(C)C1CCC2(CC1)NC(=O)N(CC(=O)Nc1ccccc1OCC(F)(F)F)C2=O. The molecule has 7 nitrogen and oxygen atoms in total. The van der Waals surface area contributed by atoms with Gasteiger partial charge < -0.3 is 15.4 Å². The summed E-state index contributed by atoms with van der Waals surface area (Å²) in [6.07, 6.45) is -1.94. The van der Waals surface area contributed by atoms with Crippen molar-refractivity contribution in [2.45, 2.75) is 58.2 Å². The van der Waals surface area contributed by atoms with E-state index in [1.54, 1.807) is 0 Å². The largest absolute Gasteiger partial charge is 0.482 e. The Bertz CT molecular complexity index is 887. The molecule has 0 atom stereocenters. The summed E-state index contributed by atoms with van der Waals surface area (Å²) in [5.74, 6) is -0.876. The van der Waals surface area contributed by atoms with E-state index in [9.17, 15) is 27.6 Å². The first-order chi connectivity index (χ1) is 14.8. The Morgan fingerprint density at radius 2 is 1.81 bits per heavy atom. The number of amides is 4. The van der Waals surface area contributed by atoms with Crippen molar-refractivity contribution in [1.82, 2.24) is 10.2 Å². The Morgan fingerprint density at radius 1 is 1.19 bits per heavy atom. The lowest BCUT2D eigenvalue weighted by atomic mass is 9.67. The number of ether oxygens (including phenoxy) is 1. The number of urea groups is 1. The third-order valence-corrected chi connectivity index (χ3v) is 6.16. The minimum absolute atomic E-state index is 0.0224. The Morgan fingerprint density at radius 3 is 2.41 bits per heavy atom. The standard InChI is InChI=1S/C22H28F3N3O4/c1-20(2,3)14-8-10-21(11-9-14)18(30)28(19(31)27-21)12-17(29)26-15-6-4-5-7-16(15)32-13-22(23,24)25/h4-7,14H,8-13H2,1-3H3,(H,26,29)(H,27,31). The highest BCUT2D eigenvalue weighted by Crippen LogP contribution is 2.43. The quantitative estimate of drug-likeness (QED) is 0.655. The van der Waals surface area contributed by atoms with Gasteiger partial charge in [-0.05, 0) is 49.1 Å². The maximum absolute atomic E-state index is 13.0. The number of benzene rings is 1. The van der Waals surface area contributed by atoms with Gasteiger partial charge in [0, 0.05) is 0 Å². The first-order valence-electron chi connectivity index (χ1n) is 10.5. The molecule has 1 aromatic rings. The Kier molecular flexibility index (Phi) is 6.44. The lowest BCUT2D eigenvalue weighted by Gasteiger charge is -2.40. The van der Waals surface area contributed by atoms with Gasteiger partial charge >= 0.3 is 12.2 Å². The number of carbonyl (C=O) groups is 3. The fourth-order valence-electron chi connectivity index (χ4n) is 4.32. The smallest absolute Gasteiger partial charge is 0.422 e. The van der Waals surface area contributed by atoms with Crippen LogP contribution in [0.1, 0.15) is 46.5 Å². The molecule has 32 heavy (non-hydrogen) atoms. The van der Waals surface area contributed by atoms with Crippen molar-refractivity contribution >= 4 is 23.5 Å². The van der Waals surface area contributed by atoms with Crippen molar-refractivity contribution in [2.24, 2.45) is 11.3 Å². The van der Waals surface area contributed by atoms with Crippen LogP contribution in [0.25, 0.3) is 0 Å². The van der Waals surface area contributed by atoms with Gasteiger partial charge in [0.15, 0.2) is 6.61 Å². The second kappa shape index (κ2) is 8.63. The molecular weight excluding hydrogens is 427 g/mol. The molecule has 0 radical (unpaired) electrons. The zero-order valence-corrected chi connectivity index (χ0v) is 18.3. The lowest BCUT2D eigenvalue weighted by Crippen LogP contribution is -2.51. The summed E-state index contributed by atoms with van der Waals surface area (Å²) in [4.78, 5) is 38.9. The fourth-order valence-corrected chi connectivity index (χ4v) is 4.32. The normalized spacial score (nSPS) is 23.9. The van der Waals surface area contributed by atoms with E-state index in [2.05, 4.69) is 31.4 Å². The van der Waals surface area contributed by atoms with Crippen LogP contribution in [-0.4, -0.2) is 47.6 Å². The second-order valence-electron chi connectivity index (χ2n) is 9.49. The summed E-state index contributed by atoms with van der Waals surface area (Å²) in [7, 11) is 0. The molecule has 0 unspecified atom stereocenters. The summed E-state index contributed by atoms with van der Waals surface area (Å²) in [5, 5.41) is 5.19. The first kappa shape index (κ1) is 23.9. The molecule has 0 bridgehead atoms. The minimum atomic E-state index is -4.53. The van der Waals surface area contributed by atoms with Gasteiger partial charge in [-0.3, -0.25) is 14.5 Å². The summed E-state index contributed by atoms with van der Waals surface area (Å²) < 4.78 is 42.1. The van der Waals surface area contributed by atoms with Crippen molar-refractivity contribution in [2.75, 3.05) is 18.5 Å². The zero-order valence-electron chi connectivity index (χ0n) is 18.3. The van der Waals surface area contributed by atoms with Gasteiger partial charge in [0.05, 0.1) is 5.69 Å². The van der Waals surface area contributed by atoms with E-state index in [4.69, 9.17) is 4.74 Å². The Balaban J connectivity index is 1.63. The fraction of sp³-hybridized carbons (Fsp3) is 0.591. The molecule has 176 valence electrons. The molecule has 2 aliphatic rings. The molecular formula is C22H28F3N3O4. The van der Waals surface area contributed by atoms with Crippen LogP contribution in [0.3, 0.4) is 0 Å². The molecule has 1 heterocycles. The van der Waals surface area contributed by atoms with Crippen LogP contribution < -0.4 is 15.4 Å². The Hall–Kier alpha value is -2.78. The molecule has 3 rings (SSSR count). The average Bonchev–Trinajstić information content (AvgIpc) is 2.90. The molecule has 10 heteroatoms. The van der Waals surface area contributed by atoms with Gasteiger partial charge in [-0.2, -0.15) is 13.2 Å². The topological polar surface area (TPSA) is 87.7 Å². The number of rotatable bonds is 5. The van der Waals surface area contributed by atoms with Crippen molar-refractivity contribution < 1.29 is 32.3 Å². The molecule has 4 amide bonds. The Labute approximate surface area is 184 Å². The van der Waals surface area contributed by atoms with E-state index in [0.29, 0.717) is 18.8 Å². The predicted molar refractivity (Wildman–Crippen MR) is 111 cm³/mol. The van der Waals surface area contributed by atoms with Gasteiger partial charge in [-0.25, -0.2) is 4.79 Å². The van der Waals surface area contributed by atoms with E-state index in [1.807, 2.05) is 0 Å². The number of nitrogens with zero attached hydrogens (tertiary/aromatic N) is 1. The number of para-hydroxylation sites is 2. The van der Waals surface area contributed by atoms with Gasteiger partial charge in [0.25, 0.3) is 5.91 Å². The van der Waals surface area contributed by atoms with Crippen LogP contribution in [0.2, 0.25) is 0 Å². The van der Waals surface area contributed by atoms with Crippen LogP contribution in [0.4, 0.5) is 23.7 Å². The van der Waals surface area contributed by atoms with Crippen LogP contribution >= 0.6 is 0 Å². The number of imide groups is 1. The van der Waals surface area contributed by atoms with Crippen LogP contribution in [0.15, 0.2) is 24.3 Å². The van der Waals surface area contributed by atoms with E-state index in [-0.39, 0.29) is 16.9 Å². The molecule has 1 spiro atoms. The molecule has 2 N–H and O–H groups in total. The lowest BCUT2D eigenvalue weighted by molar-refractivity contribution is -0.153. The summed E-state index contributed by atoms with van der Waals surface area (Å²) >= 11 is 0. The maximum atomic E-state index is 13.0. The number of anilines is 1. The number of alkyl halides is 3. The number of carbonyl (C=O) groups excluding carboxylic acids is 3. The van der Waals surface area contributed by atoms with Gasteiger partial charge in [-0.1, -0.05) is 32.9 Å². The molecule has 1 aliphatic heterocycles. The monoisotopic (exact) mass is 455 g/mol. The minimum Gasteiger partial charge on any atom is -0.482 e. The molecule has 1 saturated carbocycles. The van der Waals surface area contributed by atoms with E-state index in [1.165, 1.54) is 24.3 Å². The highest BCUT2D eigenvalue weighted by molar-refractivity contribution is 6.10. The number of hydrogen-bond acceptors (Lipinski definition) is 4. The van der Waals surface area contributed by atoms with Crippen molar-refractivity contribution in [3.63, 3.8) is 0 Å². The average molecular weight is 455 g/mol. The van der Waals surface area contributed by atoms with Crippen molar-refractivity contribution in [1.29, 1.82) is 0 Å². The number of halogens is 3.